The monoisotopic (exact) mass is 862 g/mol. The van der Waals surface area contributed by atoms with Crippen LogP contribution in [0.2, 0.25) is 0 Å². The molecule has 0 fully saturated rings. The Bertz CT molecular complexity index is 494. The number of hydrogen-bond acceptors (Lipinski definition) is 12. The van der Waals surface area contributed by atoms with Crippen molar-refractivity contribution in [3.05, 3.63) is 0 Å². The summed E-state index contributed by atoms with van der Waals surface area (Å²) < 4.78 is 0. The molecule has 0 heterocycles. The minimum atomic E-state index is 0.590. The zero-order valence-electron chi connectivity index (χ0n) is 29.1. The smallest absolute Gasteiger partial charge is 0.00238 e. The quantitative estimate of drug-likeness (QED) is 0.0403. The van der Waals surface area contributed by atoms with E-state index in [-0.39, 0.29) is 0 Å². The largest absolute Gasteiger partial charge is 0.179 e. The lowest BCUT2D eigenvalue weighted by Gasteiger charge is -2.35. The first-order valence-electron chi connectivity index (χ1n) is 17.8. The Morgan fingerprint density at radius 3 is 0.848 bits per heavy atom. The van der Waals surface area contributed by atoms with Gasteiger partial charge in [-0.1, -0.05) is 32.6 Å². The van der Waals surface area contributed by atoms with Crippen molar-refractivity contribution < 1.29 is 0 Å². The minimum Gasteiger partial charge on any atom is -0.179 e. The maximum atomic E-state index is 4.32. The zero-order valence-corrected chi connectivity index (χ0v) is 39.2. The van der Waals surface area contributed by atoms with Gasteiger partial charge in [-0.15, -0.1) is 0 Å². The third-order valence-electron chi connectivity index (χ3n) is 7.49. The van der Waals surface area contributed by atoms with Gasteiger partial charge in [-0.05, 0) is 84.9 Å². The fourth-order valence-electron chi connectivity index (χ4n) is 5.14. The molecule has 0 saturated heterocycles. The Morgan fingerprint density at radius 1 is 0.304 bits per heavy atom. The first kappa shape index (κ1) is 50.2. The third kappa shape index (κ3) is 37.9. The molecule has 0 aromatic carbocycles. The van der Waals surface area contributed by atoms with E-state index in [1.165, 1.54) is 174 Å². The summed E-state index contributed by atoms with van der Waals surface area (Å²) in [6, 6.07) is 0. The molecule has 0 amide bonds. The van der Waals surface area contributed by atoms with Gasteiger partial charge in [0.2, 0.25) is 0 Å². The van der Waals surface area contributed by atoms with Crippen LogP contribution in [0.15, 0.2) is 0 Å². The molecule has 0 saturated carbocycles. The summed E-state index contributed by atoms with van der Waals surface area (Å²) in [5, 5.41) is 0. The van der Waals surface area contributed by atoms with E-state index < -0.39 is 0 Å². The lowest BCUT2D eigenvalue weighted by molar-refractivity contribution is 0.187. The van der Waals surface area contributed by atoms with Crippen LogP contribution < -0.4 is 0 Å². The summed E-state index contributed by atoms with van der Waals surface area (Å²) >= 11 is 32.2. The molecule has 0 N–H and O–H groups in total. The normalized spacial score (nSPS) is 12.0. The molecule has 0 radical (unpaired) electrons. The summed E-state index contributed by atoms with van der Waals surface area (Å²) in [6.07, 6.45) is 15.8. The second-order valence-corrected chi connectivity index (χ2v) is 23.7. The van der Waals surface area contributed by atoms with Crippen LogP contribution in [0.5, 0.6) is 0 Å². The molecular formula is C34H70S12. The van der Waals surface area contributed by atoms with E-state index >= 15 is 0 Å². The van der Waals surface area contributed by atoms with Crippen molar-refractivity contribution in [1.29, 1.82) is 0 Å². The molecule has 0 aromatic heterocycles. The molecule has 0 aliphatic heterocycles. The average Bonchev–Trinajstić information content (AvgIpc) is 3.07. The van der Waals surface area contributed by atoms with Gasteiger partial charge < -0.3 is 0 Å². The molecule has 0 unspecified atom stereocenters. The highest BCUT2D eigenvalue weighted by Crippen LogP contribution is 2.41. The van der Waals surface area contributed by atoms with Gasteiger partial charge in [0.15, 0.2) is 0 Å². The molecule has 0 spiro atoms. The maximum Gasteiger partial charge on any atom is 0.00238 e. The summed E-state index contributed by atoms with van der Waals surface area (Å²) in [7, 11) is 0. The van der Waals surface area contributed by atoms with E-state index in [9.17, 15) is 0 Å². The Balaban J connectivity index is 4.64. The SMILES string of the molecule is CCCCCCC(CCCSCCSCCSCCS)(CCCSCCSCCSCCS)CCCSCCSCCSCCS. The van der Waals surface area contributed by atoms with E-state index in [4.69, 9.17) is 0 Å². The van der Waals surface area contributed by atoms with Crippen LogP contribution in [-0.2, 0) is 0 Å². The second kappa shape index (κ2) is 43.6. The standard InChI is InChI=1S/C34H70S12/c1-2-3-4-5-9-34(10-6-16-38-22-28-44-31-25-41-19-13-35,11-7-17-39-23-29-45-32-26-42-20-14-36)12-8-18-40-24-30-46-33-27-43-21-15-37/h35-37H,2-33H2,1H3. The molecule has 0 rings (SSSR count). The molecule has 0 atom stereocenters. The Labute approximate surface area is 343 Å². The fourth-order valence-corrected chi connectivity index (χ4v) is 15.2. The molecule has 0 aromatic rings. The summed E-state index contributed by atoms with van der Waals surface area (Å²) in [4.78, 5) is 0. The molecule has 0 nitrogen and oxygen atoms in total. The topological polar surface area (TPSA) is 0 Å². The van der Waals surface area contributed by atoms with Crippen molar-refractivity contribution in [2.45, 2.75) is 77.6 Å². The summed E-state index contributed by atoms with van der Waals surface area (Å²) in [5.74, 6) is 26.4. The molecule has 278 valence electrons. The number of rotatable bonds is 41. The molecule has 12 heteroatoms. The summed E-state index contributed by atoms with van der Waals surface area (Å²) in [6.45, 7) is 2.36. The summed E-state index contributed by atoms with van der Waals surface area (Å²) in [5.41, 5.74) is 0.590. The highest BCUT2D eigenvalue weighted by molar-refractivity contribution is 8.05. The van der Waals surface area contributed by atoms with Gasteiger partial charge in [-0.3, -0.25) is 0 Å². The van der Waals surface area contributed by atoms with E-state index in [1.54, 1.807) is 0 Å². The van der Waals surface area contributed by atoms with Gasteiger partial charge in [0.25, 0.3) is 0 Å². The van der Waals surface area contributed by atoms with Crippen molar-refractivity contribution in [1.82, 2.24) is 0 Å². The molecular weight excluding hydrogens is 793 g/mol. The Morgan fingerprint density at radius 2 is 0.565 bits per heavy atom. The fraction of sp³-hybridized carbons (Fsp3) is 1.00. The van der Waals surface area contributed by atoms with E-state index in [1.807, 2.05) is 0 Å². The van der Waals surface area contributed by atoms with E-state index in [0.29, 0.717) is 5.41 Å². The minimum absolute atomic E-state index is 0.590. The maximum absolute atomic E-state index is 4.32. The second-order valence-electron chi connectivity index (χ2n) is 11.3. The molecule has 46 heavy (non-hydrogen) atoms. The van der Waals surface area contributed by atoms with Crippen LogP contribution in [0.4, 0.5) is 0 Å². The average molecular weight is 864 g/mol. The highest BCUT2D eigenvalue weighted by Gasteiger charge is 2.28. The Kier molecular flexibility index (Phi) is 47.6. The number of thiol groups is 3. The molecule has 0 aliphatic carbocycles. The van der Waals surface area contributed by atoms with Gasteiger partial charge in [-0.2, -0.15) is 144 Å². The van der Waals surface area contributed by atoms with E-state index in [2.05, 4.69) is 151 Å². The van der Waals surface area contributed by atoms with Gasteiger partial charge in [-0.25, -0.2) is 0 Å². The number of thioether (sulfide) groups is 9. The van der Waals surface area contributed by atoms with Crippen molar-refractivity contribution in [2.24, 2.45) is 5.41 Å². The first-order chi connectivity index (χ1) is 22.7. The predicted molar refractivity (Wildman–Crippen MR) is 256 cm³/mol. The van der Waals surface area contributed by atoms with Crippen molar-refractivity contribution in [2.75, 3.05) is 121 Å². The van der Waals surface area contributed by atoms with Gasteiger partial charge in [0, 0.05) is 86.3 Å². The van der Waals surface area contributed by atoms with Crippen LogP contribution in [0, 0.1) is 5.41 Å². The van der Waals surface area contributed by atoms with Crippen molar-refractivity contribution in [3.63, 3.8) is 0 Å². The number of unbranched alkanes of at least 4 members (excludes halogenated alkanes) is 3. The van der Waals surface area contributed by atoms with Crippen LogP contribution in [0.1, 0.15) is 77.6 Å². The lowest BCUT2D eigenvalue weighted by atomic mass is 9.72. The molecule has 0 bridgehead atoms. The van der Waals surface area contributed by atoms with Gasteiger partial charge >= 0.3 is 0 Å². The van der Waals surface area contributed by atoms with Crippen molar-refractivity contribution >= 4 is 144 Å². The zero-order chi connectivity index (χ0) is 33.5. The lowest BCUT2D eigenvalue weighted by Crippen LogP contribution is -2.22. The third-order valence-corrected chi connectivity index (χ3v) is 19.7. The first-order valence-corrected chi connectivity index (χ1v) is 30.1. The molecule has 0 aliphatic rings. The van der Waals surface area contributed by atoms with Crippen LogP contribution >= 0.6 is 144 Å². The van der Waals surface area contributed by atoms with E-state index in [0.717, 1.165) is 17.3 Å². The Hall–Kier alpha value is 4.20. The number of hydrogen-bond donors (Lipinski definition) is 3. The van der Waals surface area contributed by atoms with Crippen molar-refractivity contribution in [3.8, 4) is 0 Å². The van der Waals surface area contributed by atoms with Crippen LogP contribution in [0.25, 0.3) is 0 Å². The van der Waals surface area contributed by atoms with Crippen LogP contribution in [0.3, 0.4) is 0 Å². The van der Waals surface area contributed by atoms with Crippen LogP contribution in [-0.4, -0.2) is 121 Å². The highest BCUT2D eigenvalue weighted by atomic mass is 32.2. The predicted octanol–water partition coefficient (Wildman–Crippen LogP) is 12.7. The van der Waals surface area contributed by atoms with Gasteiger partial charge in [0.1, 0.15) is 0 Å². The van der Waals surface area contributed by atoms with Gasteiger partial charge in [0.05, 0.1) is 0 Å².